The minimum absolute atomic E-state index is 0.586. The van der Waals surface area contributed by atoms with Crippen LogP contribution in [0.1, 0.15) is 14.7 Å². The molecular formula is C12H21NO9. The predicted molar refractivity (Wildman–Crippen MR) is 69.6 cm³/mol. The Balaban J connectivity index is 3.17. The number of rotatable bonds is 6. The maximum atomic E-state index is 11.4. The van der Waals surface area contributed by atoms with Gasteiger partial charge in [0.15, 0.2) is 0 Å². The molecule has 1 rings (SSSR count). The average Bonchev–Trinajstić information content (AvgIpc) is 2.47. The summed E-state index contributed by atoms with van der Waals surface area (Å²) in [5.41, 5.74) is 0. The highest BCUT2D eigenvalue weighted by atomic mass is 16.7. The van der Waals surface area contributed by atoms with E-state index in [2.05, 4.69) is 5.32 Å². The Morgan fingerprint density at radius 2 is 2.18 bits per heavy atom. The number of carboxylic acid groups (broad SMARTS) is 1. The van der Waals surface area contributed by atoms with Crippen molar-refractivity contribution in [3.8, 4) is 0 Å². The standard InChI is InChI=1S/C12H21NO9/c1-5(15)13-8-6(16)3-12(21-2,11(19)20)22-10(8)9(18)7(17)4-14/h6-10,14,16-18H,3-4H2,1-2H3,(H,13,15)(H,19,20)/t6-,7+,8+,9+,10+,12?/m0/s1/i2D. The van der Waals surface area contributed by atoms with Crippen LogP contribution in [-0.4, -0.2) is 87.3 Å². The number of hydrogen-bond donors (Lipinski definition) is 6. The van der Waals surface area contributed by atoms with Gasteiger partial charge in [0.05, 0.1) is 20.1 Å². The summed E-state index contributed by atoms with van der Waals surface area (Å²) in [5, 5.41) is 50.2. The van der Waals surface area contributed by atoms with Gasteiger partial charge in [-0.25, -0.2) is 4.79 Å². The summed E-state index contributed by atoms with van der Waals surface area (Å²) in [6, 6.07) is -1.24. The van der Waals surface area contributed by atoms with E-state index < -0.39 is 68.2 Å². The third kappa shape index (κ3) is 3.72. The molecule has 1 saturated heterocycles. The van der Waals surface area contributed by atoms with Crippen molar-refractivity contribution >= 4 is 11.9 Å². The van der Waals surface area contributed by atoms with E-state index in [9.17, 15) is 30.0 Å². The first-order chi connectivity index (χ1) is 10.7. The number of methoxy groups -OCH3 is 1. The molecule has 1 heterocycles. The molecule has 0 radical (unpaired) electrons. The Morgan fingerprint density at radius 1 is 1.55 bits per heavy atom. The number of carbonyl (C=O) groups excluding carboxylic acids is 1. The third-order valence-electron chi connectivity index (χ3n) is 3.42. The van der Waals surface area contributed by atoms with Crippen molar-refractivity contribution in [3.63, 3.8) is 0 Å². The lowest BCUT2D eigenvalue weighted by molar-refractivity contribution is -0.303. The second-order valence-electron chi connectivity index (χ2n) is 5.02. The smallest absolute Gasteiger partial charge is 0.364 e. The minimum Gasteiger partial charge on any atom is -0.477 e. The summed E-state index contributed by atoms with van der Waals surface area (Å²) in [7, 11) is -0.796. The molecule has 1 aliphatic heterocycles. The zero-order chi connectivity index (χ0) is 17.8. The molecule has 1 fully saturated rings. The fourth-order valence-corrected chi connectivity index (χ4v) is 2.28. The minimum atomic E-state index is -2.42. The van der Waals surface area contributed by atoms with E-state index in [1.807, 2.05) is 0 Å². The lowest BCUT2D eigenvalue weighted by atomic mass is 9.88. The van der Waals surface area contributed by atoms with Crippen LogP contribution in [0, 0.1) is 0 Å². The first-order valence-corrected chi connectivity index (χ1v) is 6.45. The summed E-state index contributed by atoms with van der Waals surface area (Å²) in [5.74, 6) is -4.64. The number of aliphatic hydroxyl groups excluding tert-OH is 4. The van der Waals surface area contributed by atoms with E-state index in [-0.39, 0.29) is 0 Å². The Morgan fingerprint density at radius 3 is 2.64 bits per heavy atom. The van der Waals surface area contributed by atoms with E-state index in [4.69, 9.17) is 16.0 Å². The van der Waals surface area contributed by atoms with Crippen LogP contribution in [0.15, 0.2) is 0 Å². The number of hydrogen-bond acceptors (Lipinski definition) is 8. The molecule has 0 saturated carbocycles. The average molecular weight is 324 g/mol. The van der Waals surface area contributed by atoms with Crippen molar-refractivity contribution in [2.75, 3.05) is 13.7 Å². The number of aliphatic hydroxyl groups is 4. The monoisotopic (exact) mass is 324 g/mol. The molecule has 22 heavy (non-hydrogen) atoms. The maximum Gasteiger partial charge on any atom is 0.364 e. The maximum absolute atomic E-state index is 11.4. The zero-order valence-corrected chi connectivity index (χ0v) is 11.9. The summed E-state index contributed by atoms with van der Waals surface area (Å²) in [6.45, 7) is 0.279. The molecule has 1 unspecified atom stereocenters. The van der Waals surface area contributed by atoms with Gasteiger partial charge < -0.3 is 40.3 Å². The quantitative estimate of drug-likeness (QED) is 0.295. The molecule has 10 nitrogen and oxygen atoms in total. The Kier molecular flexibility index (Phi) is 5.67. The van der Waals surface area contributed by atoms with Crippen molar-refractivity contribution in [2.45, 2.75) is 49.6 Å². The Bertz CT molecular complexity index is 437. The Hall–Kier alpha value is -1.30. The highest BCUT2D eigenvalue weighted by molar-refractivity contribution is 5.76. The molecule has 1 amide bonds. The Labute approximate surface area is 127 Å². The summed E-state index contributed by atoms with van der Waals surface area (Å²) >= 11 is 0. The number of ether oxygens (including phenoxy) is 2. The van der Waals surface area contributed by atoms with Gasteiger partial charge in [-0.1, -0.05) is 0 Å². The summed E-state index contributed by atoms with van der Waals surface area (Å²) in [6.07, 6.45) is -7.22. The molecule has 6 N–H and O–H groups in total. The van der Waals surface area contributed by atoms with Gasteiger partial charge in [-0.15, -0.1) is 0 Å². The lowest BCUT2D eigenvalue weighted by Gasteiger charge is -2.46. The highest BCUT2D eigenvalue weighted by Crippen LogP contribution is 2.32. The largest absolute Gasteiger partial charge is 0.477 e. The van der Waals surface area contributed by atoms with Crippen molar-refractivity contribution in [3.05, 3.63) is 0 Å². The molecule has 10 heteroatoms. The van der Waals surface area contributed by atoms with E-state index >= 15 is 0 Å². The van der Waals surface area contributed by atoms with Gasteiger partial charge in [-0.05, 0) is 0 Å². The first-order valence-electron chi connectivity index (χ1n) is 7.15. The van der Waals surface area contributed by atoms with Crippen LogP contribution in [0.5, 0.6) is 0 Å². The van der Waals surface area contributed by atoms with Crippen LogP contribution in [0.25, 0.3) is 0 Å². The highest BCUT2D eigenvalue weighted by Gasteiger charge is 2.55. The fraction of sp³-hybridized carbons (Fsp3) is 0.833. The van der Waals surface area contributed by atoms with Crippen molar-refractivity contribution in [2.24, 2.45) is 0 Å². The number of nitrogens with one attached hydrogen (secondary N) is 1. The topological polar surface area (TPSA) is 166 Å². The number of aliphatic carboxylic acids is 1. The molecule has 0 aliphatic carbocycles. The van der Waals surface area contributed by atoms with Crippen molar-refractivity contribution < 1.29 is 46.0 Å². The molecule has 128 valence electrons. The predicted octanol–water partition coefficient (Wildman–Crippen LogP) is -3.22. The van der Waals surface area contributed by atoms with Crippen LogP contribution in [0.4, 0.5) is 0 Å². The van der Waals surface area contributed by atoms with Gasteiger partial charge >= 0.3 is 5.97 Å². The van der Waals surface area contributed by atoms with Crippen LogP contribution in [0.3, 0.4) is 0 Å². The van der Waals surface area contributed by atoms with Crippen LogP contribution in [-0.2, 0) is 19.1 Å². The fourth-order valence-electron chi connectivity index (χ4n) is 2.28. The second kappa shape index (κ2) is 7.31. The van der Waals surface area contributed by atoms with E-state index in [1.54, 1.807) is 0 Å². The van der Waals surface area contributed by atoms with Gasteiger partial charge in [-0.2, -0.15) is 0 Å². The van der Waals surface area contributed by atoms with Crippen LogP contribution >= 0.6 is 0 Å². The van der Waals surface area contributed by atoms with E-state index in [0.717, 1.165) is 6.92 Å². The number of carbonyl (C=O) groups is 2. The number of amides is 1. The molecular weight excluding hydrogens is 302 g/mol. The van der Waals surface area contributed by atoms with E-state index in [0.29, 0.717) is 0 Å². The first kappa shape index (κ1) is 17.1. The molecule has 0 aromatic rings. The van der Waals surface area contributed by atoms with Crippen molar-refractivity contribution in [1.29, 1.82) is 0 Å². The van der Waals surface area contributed by atoms with Gasteiger partial charge in [0, 0.05) is 20.4 Å². The lowest BCUT2D eigenvalue weighted by Crippen LogP contribution is -2.67. The van der Waals surface area contributed by atoms with Crippen molar-refractivity contribution in [1.82, 2.24) is 5.32 Å². The molecule has 0 aromatic carbocycles. The van der Waals surface area contributed by atoms with Crippen LogP contribution in [0.2, 0.25) is 0 Å². The molecule has 0 aromatic heterocycles. The van der Waals surface area contributed by atoms with E-state index in [1.165, 1.54) is 0 Å². The molecule has 0 spiro atoms. The molecule has 6 atom stereocenters. The number of carboxylic acids is 1. The summed E-state index contributed by atoms with van der Waals surface area (Å²) < 4.78 is 17.0. The van der Waals surface area contributed by atoms with Gasteiger partial charge in [0.1, 0.15) is 18.3 Å². The van der Waals surface area contributed by atoms with Crippen LogP contribution < -0.4 is 5.32 Å². The van der Waals surface area contributed by atoms with Gasteiger partial charge in [0.25, 0.3) is 5.79 Å². The second-order valence-corrected chi connectivity index (χ2v) is 5.02. The normalized spacial score (nSPS) is 35.3. The molecule has 1 aliphatic rings. The SMILES string of the molecule is [2H]COC1(C(=O)O)C[C@H](O)[C@@H](NC(C)=O)[C@H]([C@H](O)[C@H](O)CO)O1. The van der Waals surface area contributed by atoms with Gasteiger partial charge in [0.2, 0.25) is 5.91 Å². The molecule has 0 bridgehead atoms. The summed E-state index contributed by atoms with van der Waals surface area (Å²) in [4.78, 5) is 22.7. The van der Waals surface area contributed by atoms with Gasteiger partial charge in [-0.3, -0.25) is 4.79 Å². The zero-order valence-electron chi connectivity index (χ0n) is 12.9. The third-order valence-corrected chi connectivity index (χ3v) is 3.42.